The fourth-order valence-corrected chi connectivity index (χ4v) is 3.22. The van der Waals surface area contributed by atoms with Gasteiger partial charge in [0.1, 0.15) is 0 Å². The Balaban J connectivity index is 1.60. The first-order valence-corrected chi connectivity index (χ1v) is 9.72. The Hall–Kier alpha value is -2.56. The number of rotatable bonds is 6. The SMILES string of the molecule is CC(C)c1ccc(/C=C/C(=O)Nc2cnn(Cc3c(Cl)cccc3Cl)c2)cc1. The van der Waals surface area contributed by atoms with Crippen LogP contribution in [0.25, 0.3) is 6.08 Å². The highest BCUT2D eigenvalue weighted by Crippen LogP contribution is 2.25. The van der Waals surface area contributed by atoms with Crippen molar-refractivity contribution in [2.45, 2.75) is 26.3 Å². The van der Waals surface area contributed by atoms with E-state index >= 15 is 0 Å². The lowest BCUT2D eigenvalue weighted by Crippen LogP contribution is -2.07. The third-order valence-electron chi connectivity index (χ3n) is 4.31. The van der Waals surface area contributed by atoms with E-state index in [1.165, 1.54) is 11.6 Å². The molecule has 0 atom stereocenters. The van der Waals surface area contributed by atoms with Crippen LogP contribution in [-0.4, -0.2) is 15.7 Å². The van der Waals surface area contributed by atoms with E-state index in [0.29, 0.717) is 28.2 Å². The van der Waals surface area contributed by atoms with Gasteiger partial charge in [-0.25, -0.2) is 0 Å². The lowest BCUT2D eigenvalue weighted by atomic mass is 10.0. The molecule has 0 radical (unpaired) electrons. The number of nitrogens with zero attached hydrogens (tertiary/aromatic N) is 2. The molecule has 2 aromatic carbocycles. The van der Waals surface area contributed by atoms with Gasteiger partial charge in [-0.3, -0.25) is 9.48 Å². The highest BCUT2D eigenvalue weighted by Gasteiger charge is 2.08. The Morgan fingerprint density at radius 2 is 1.82 bits per heavy atom. The van der Waals surface area contributed by atoms with Gasteiger partial charge in [-0.2, -0.15) is 5.10 Å². The minimum absolute atomic E-state index is 0.219. The number of carbonyl (C=O) groups excluding carboxylic acids is 1. The van der Waals surface area contributed by atoms with Crippen LogP contribution in [0.1, 0.15) is 36.5 Å². The molecule has 0 aliphatic carbocycles. The van der Waals surface area contributed by atoms with Crippen molar-refractivity contribution in [3.8, 4) is 0 Å². The number of nitrogens with one attached hydrogen (secondary N) is 1. The molecule has 3 rings (SSSR count). The molecule has 144 valence electrons. The van der Waals surface area contributed by atoms with Gasteiger partial charge >= 0.3 is 0 Å². The maximum absolute atomic E-state index is 12.2. The van der Waals surface area contributed by atoms with Crippen LogP contribution in [0.5, 0.6) is 0 Å². The van der Waals surface area contributed by atoms with Gasteiger partial charge in [-0.1, -0.05) is 67.4 Å². The molecule has 6 heteroatoms. The van der Waals surface area contributed by atoms with Gasteiger partial charge < -0.3 is 5.32 Å². The lowest BCUT2D eigenvalue weighted by molar-refractivity contribution is -0.111. The largest absolute Gasteiger partial charge is 0.320 e. The fraction of sp³-hybridized carbons (Fsp3) is 0.182. The predicted octanol–water partition coefficient (Wildman–Crippen LogP) is 6.01. The minimum atomic E-state index is -0.219. The standard InChI is InChI=1S/C22H21Cl2N3O/c1-15(2)17-9-6-16(7-10-17)8-11-22(28)26-18-12-25-27(13-18)14-19-20(23)4-3-5-21(19)24/h3-13,15H,14H2,1-2H3,(H,26,28)/b11-8+. The van der Waals surface area contributed by atoms with Crippen LogP contribution < -0.4 is 5.32 Å². The molecular weight excluding hydrogens is 393 g/mol. The second-order valence-corrected chi connectivity index (χ2v) is 7.59. The topological polar surface area (TPSA) is 46.9 Å². The summed E-state index contributed by atoms with van der Waals surface area (Å²) in [5, 5.41) is 8.22. The van der Waals surface area contributed by atoms with Crippen LogP contribution in [0.4, 0.5) is 5.69 Å². The van der Waals surface area contributed by atoms with Gasteiger partial charge in [0.05, 0.1) is 18.4 Å². The van der Waals surface area contributed by atoms with E-state index < -0.39 is 0 Å². The second kappa shape index (κ2) is 9.09. The Bertz CT molecular complexity index is 971. The zero-order valence-electron chi connectivity index (χ0n) is 15.7. The Morgan fingerprint density at radius 1 is 1.14 bits per heavy atom. The summed E-state index contributed by atoms with van der Waals surface area (Å²) in [5.74, 6) is 0.266. The van der Waals surface area contributed by atoms with E-state index in [2.05, 4.69) is 36.4 Å². The molecular formula is C22H21Cl2N3O. The number of halogens is 2. The number of carbonyl (C=O) groups is 1. The van der Waals surface area contributed by atoms with Crippen molar-refractivity contribution >= 4 is 40.9 Å². The van der Waals surface area contributed by atoms with Crippen molar-refractivity contribution < 1.29 is 4.79 Å². The minimum Gasteiger partial charge on any atom is -0.320 e. The predicted molar refractivity (Wildman–Crippen MR) is 116 cm³/mol. The van der Waals surface area contributed by atoms with Crippen LogP contribution in [0, 0.1) is 0 Å². The van der Waals surface area contributed by atoms with Gasteiger partial charge in [0.15, 0.2) is 0 Å². The molecule has 0 aliphatic rings. The van der Waals surface area contributed by atoms with Crippen molar-refractivity contribution in [3.05, 3.63) is 87.7 Å². The summed E-state index contributed by atoms with van der Waals surface area (Å²) in [6, 6.07) is 13.5. The number of benzene rings is 2. The van der Waals surface area contributed by atoms with Crippen molar-refractivity contribution in [2.24, 2.45) is 0 Å². The zero-order valence-corrected chi connectivity index (χ0v) is 17.2. The van der Waals surface area contributed by atoms with Crippen molar-refractivity contribution in [1.82, 2.24) is 9.78 Å². The molecule has 0 unspecified atom stereocenters. The molecule has 0 saturated carbocycles. The summed E-state index contributed by atoms with van der Waals surface area (Å²) in [4.78, 5) is 12.2. The molecule has 1 N–H and O–H groups in total. The summed E-state index contributed by atoms with van der Waals surface area (Å²) in [7, 11) is 0. The maximum Gasteiger partial charge on any atom is 0.248 e. The average molecular weight is 414 g/mol. The lowest BCUT2D eigenvalue weighted by Gasteiger charge is -2.06. The summed E-state index contributed by atoms with van der Waals surface area (Å²) in [6.07, 6.45) is 6.62. The van der Waals surface area contributed by atoms with E-state index in [1.54, 1.807) is 41.4 Å². The second-order valence-electron chi connectivity index (χ2n) is 6.77. The van der Waals surface area contributed by atoms with E-state index in [9.17, 15) is 4.79 Å². The highest BCUT2D eigenvalue weighted by atomic mass is 35.5. The fourth-order valence-electron chi connectivity index (χ4n) is 2.71. The average Bonchev–Trinajstić information content (AvgIpc) is 3.10. The Labute approximate surface area is 174 Å². The Morgan fingerprint density at radius 3 is 2.46 bits per heavy atom. The highest BCUT2D eigenvalue weighted by molar-refractivity contribution is 6.35. The maximum atomic E-state index is 12.2. The molecule has 0 fully saturated rings. The molecule has 1 aromatic heterocycles. The first kappa shape index (κ1) is 20.2. The molecule has 0 spiro atoms. The number of amides is 1. The number of hydrogen-bond acceptors (Lipinski definition) is 2. The molecule has 28 heavy (non-hydrogen) atoms. The first-order chi connectivity index (χ1) is 13.4. The van der Waals surface area contributed by atoms with Crippen LogP contribution in [0.15, 0.2) is 60.9 Å². The molecule has 0 saturated heterocycles. The van der Waals surface area contributed by atoms with Crippen LogP contribution in [0.3, 0.4) is 0 Å². The number of aromatic nitrogens is 2. The normalized spacial score (nSPS) is 11.3. The molecule has 1 heterocycles. The molecule has 1 amide bonds. The molecule has 3 aromatic rings. The molecule has 4 nitrogen and oxygen atoms in total. The molecule has 0 bridgehead atoms. The Kier molecular flexibility index (Phi) is 6.55. The van der Waals surface area contributed by atoms with E-state index in [-0.39, 0.29) is 5.91 Å². The van der Waals surface area contributed by atoms with E-state index in [0.717, 1.165) is 11.1 Å². The summed E-state index contributed by atoms with van der Waals surface area (Å²) >= 11 is 12.4. The van der Waals surface area contributed by atoms with Gasteiger partial charge in [-0.15, -0.1) is 0 Å². The quantitative estimate of drug-likeness (QED) is 0.502. The summed E-state index contributed by atoms with van der Waals surface area (Å²) in [5.41, 5.74) is 3.64. The summed E-state index contributed by atoms with van der Waals surface area (Å²) < 4.78 is 1.68. The van der Waals surface area contributed by atoms with Crippen LogP contribution in [-0.2, 0) is 11.3 Å². The monoisotopic (exact) mass is 413 g/mol. The number of anilines is 1. The van der Waals surface area contributed by atoms with Gasteiger partial charge in [0.25, 0.3) is 0 Å². The molecule has 0 aliphatic heterocycles. The van der Waals surface area contributed by atoms with Crippen LogP contribution >= 0.6 is 23.2 Å². The summed E-state index contributed by atoms with van der Waals surface area (Å²) in [6.45, 7) is 4.72. The zero-order chi connectivity index (χ0) is 20.1. The smallest absolute Gasteiger partial charge is 0.248 e. The van der Waals surface area contributed by atoms with Crippen molar-refractivity contribution in [3.63, 3.8) is 0 Å². The van der Waals surface area contributed by atoms with E-state index in [1.807, 2.05) is 12.1 Å². The third kappa shape index (κ3) is 5.24. The van der Waals surface area contributed by atoms with Crippen molar-refractivity contribution in [2.75, 3.05) is 5.32 Å². The van der Waals surface area contributed by atoms with Gasteiger partial charge in [0.2, 0.25) is 5.91 Å². The van der Waals surface area contributed by atoms with E-state index in [4.69, 9.17) is 23.2 Å². The number of hydrogen-bond donors (Lipinski definition) is 1. The van der Waals surface area contributed by atoms with Crippen LogP contribution in [0.2, 0.25) is 10.0 Å². The van der Waals surface area contributed by atoms with Gasteiger partial charge in [0, 0.05) is 27.9 Å². The van der Waals surface area contributed by atoms with Gasteiger partial charge in [-0.05, 0) is 35.3 Å². The first-order valence-electron chi connectivity index (χ1n) is 8.97. The van der Waals surface area contributed by atoms with Crippen molar-refractivity contribution in [1.29, 1.82) is 0 Å². The third-order valence-corrected chi connectivity index (χ3v) is 5.02.